The van der Waals surface area contributed by atoms with Gasteiger partial charge in [-0.15, -0.1) is 0 Å². The zero-order chi connectivity index (χ0) is 27.9. The number of nitrogens with zero attached hydrogens (tertiary/aromatic N) is 2. The summed E-state index contributed by atoms with van der Waals surface area (Å²) in [5.74, 6) is 0.719. The Kier molecular flexibility index (Phi) is 5.82. The Balaban J connectivity index is 1.20. The smallest absolute Gasteiger partial charge is 0.159 e. The van der Waals surface area contributed by atoms with Crippen LogP contribution in [0.4, 0.5) is 0 Å². The van der Waals surface area contributed by atoms with Crippen LogP contribution in [0.25, 0.3) is 77.2 Å². The van der Waals surface area contributed by atoms with Crippen LogP contribution < -0.4 is 0 Å². The standard InChI is InChI=1S/C40H26N2/c1-2-10-27(11-3-1)28-12-8-14-31(24-28)39-22-23-41-40(42-39)32-15-9-13-29(25-32)30-20-21-37-35-18-5-4-16-33(35)34-17-6-7-19-36(34)38(37)26-30/h1-26H. The molecule has 0 N–H and O–H groups in total. The van der Waals surface area contributed by atoms with Gasteiger partial charge in [0.2, 0.25) is 0 Å². The fourth-order valence-corrected chi connectivity index (χ4v) is 6.07. The van der Waals surface area contributed by atoms with Crippen molar-refractivity contribution < 1.29 is 0 Å². The Bertz CT molecular complexity index is 2210. The molecule has 1 aromatic heterocycles. The molecule has 0 bridgehead atoms. The molecule has 1 heterocycles. The third-order valence-electron chi connectivity index (χ3n) is 8.12. The molecule has 8 rings (SSSR count). The normalized spacial score (nSPS) is 11.3. The molecule has 0 saturated carbocycles. The van der Waals surface area contributed by atoms with Crippen LogP contribution in [0.15, 0.2) is 158 Å². The minimum absolute atomic E-state index is 0.719. The molecule has 2 nitrogen and oxygen atoms in total. The molecule has 0 amide bonds. The van der Waals surface area contributed by atoms with E-state index in [1.807, 2.05) is 18.3 Å². The molecule has 196 valence electrons. The number of aromatic nitrogens is 2. The summed E-state index contributed by atoms with van der Waals surface area (Å²) in [4.78, 5) is 9.66. The van der Waals surface area contributed by atoms with Gasteiger partial charge in [-0.05, 0) is 78.8 Å². The van der Waals surface area contributed by atoms with E-state index < -0.39 is 0 Å². The second-order valence-corrected chi connectivity index (χ2v) is 10.6. The van der Waals surface area contributed by atoms with Crippen molar-refractivity contribution >= 4 is 32.3 Å². The molecule has 0 spiro atoms. The Hall–Kier alpha value is -5.60. The molecule has 0 radical (unpaired) electrons. The van der Waals surface area contributed by atoms with Crippen molar-refractivity contribution in [1.29, 1.82) is 0 Å². The second kappa shape index (κ2) is 10.1. The topological polar surface area (TPSA) is 25.8 Å². The summed E-state index contributed by atoms with van der Waals surface area (Å²) in [6.07, 6.45) is 1.85. The van der Waals surface area contributed by atoms with Crippen LogP contribution in [0, 0.1) is 0 Å². The molecule has 0 atom stereocenters. The lowest BCUT2D eigenvalue weighted by Crippen LogP contribution is -1.92. The van der Waals surface area contributed by atoms with E-state index in [0.29, 0.717) is 0 Å². The molecular formula is C40H26N2. The first-order chi connectivity index (χ1) is 20.8. The van der Waals surface area contributed by atoms with Crippen molar-refractivity contribution in [3.63, 3.8) is 0 Å². The highest BCUT2D eigenvalue weighted by Crippen LogP contribution is 2.37. The van der Waals surface area contributed by atoms with Crippen molar-refractivity contribution in [2.24, 2.45) is 0 Å². The third kappa shape index (κ3) is 4.22. The van der Waals surface area contributed by atoms with Crippen LogP contribution in [-0.4, -0.2) is 9.97 Å². The highest BCUT2D eigenvalue weighted by Gasteiger charge is 2.11. The zero-order valence-corrected chi connectivity index (χ0v) is 22.9. The number of hydrogen-bond acceptors (Lipinski definition) is 2. The fourth-order valence-electron chi connectivity index (χ4n) is 6.07. The van der Waals surface area contributed by atoms with Crippen LogP contribution in [0.1, 0.15) is 0 Å². The minimum atomic E-state index is 0.719. The zero-order valence-electron chi connectivity index (χ0n) is 22.9. The maximum atomic E-state index is 5.00. The van der Waals surface area contributed by atoms with Gasteiger partial charge in [-0.2, -0.15) is 0 Å². The SMILES string of the molecule is c1ccc(-c2cccc(-c3ccnc(-c4cccc(-c5ccc6c7ccccc7c7ccccc7c6c5)c4)n3)c2)cc1. The van der Waals surface area contributed by atoms with Gasteiger partial charge in [-0.25, -0.2) is 9.97 Å². The van der Waals surface area contributed by atoms with Crippen molar-refractivity contribution in [2.45, 2.75) is 0 Å². The van der Waals surface area contributed by atoms with Gasteiger partial charge in [-0.1, -0.05) is 127 Å². The van der Waals surface area contributed by atoms with Gasteiger partial charge in [-0.3, -0.25) is 0 Å². The molecule has 7 aromatic carbocycles. The highest BCUT2D eigenvalue weighted by molar-refractivity contribution is 6.25. The van der Waals surface area contributed by atoms with Gasteiger partial charge < -0.3 is 0 Å². The van der Waals surface area contributed by atoms with E-state index in [4.69, 9.17) is 4.98 Å². The van der Waals surface area contributed by atoms with Gasteiger partial charge >= 0.3 is 0 Å². The van der Waals surface area contributed by atoms with Crippen molar-refractivity contribution in [3.05, 3.63) is 158 Å². The van der Waals surface area contributed by atoms with E-state index in [1.54, 1.807) is 0 Å². The van der Waals surface area contributed by atoms with Crippen molar-refractivity contribution in [1.82, 2.24) is 9.97 Å². The number of fused-ring (bicyclic) bond motifs is 6. The predicted octanol–water partition coefficient (Wildman–Crippen LogP) is 10.6. The Morgan fingerprint density at radius 1 is 0.310 bits per heavy atom. The molecule has 8 aromatic rings. The quantitative estimate of drug-likeness (QED) is 0.210. The predicted molar refractivity (Wildman–Crippen MR) is 176 cm³/mol. The van der Waals surface area contributed by atoms with E-state index in [9.17, 15) is 0 Å². The molecule has 0 unspecified atom stereocenters. The number of rotatable bonds is 4. The van der Waals surface area contributed by atoms with Crippen LogP contribution in [0.2, 0.25) is 0 Å². The van der Waals surface area contributed by atoms with Gasteiger partial charge in [0.05, 0.1) is 5.69 Å². The first-order valence-electron chi connectivity index (χ1n) is 14.2. The Morgan fingerprint density at radius 2 is 0.810 bits per heavy atom. The maximum Gasteiger partial charge on any atom is 0.159 e. The molecule has 2 heteroatoms. The van der Waals surface area contributed by atoms with Crippen molar-refractivity contribution in [3.8, 4) is 44.9 Å². The largest absolute Gasteiger partial charge is 0.237 e. The first kappa shape index (κ1) is 24.2. The maximum absolute atomic E-state index is 5.00. The van der Waals surface area contributed by atoms with E-state index >= 15 is 0 Å². The van der Waals surface area contributed by atoms with Crippen LogP contribution in [0.3, 0.4) is 0 Å². The van der Waals surface area contributed by atoms with Gasteiger partial charge in [0.1, 0.15) is 0 Å². The van der Waals surface area contributed by atoms with Gasteiger partial charge in [0.25, 0.3) is 0 Å². The molecule has 0 aliphatic heterocycles. The minimum Gasteiger partial charge on any atom is -0.237 e. The van der Waals surface area contributed by atoms with Gasteiger partial charge in [0, 0.05) is 17.3 Å². The molecular weight excluding hydrogens is 508 g/mol. The average molecular weight is 535 g/mol. The van der Waals surface area contributed by atoms with Crippen LogP contribution in [-0.2, 0) is 0 Å². The summed E-state index contributed by atoms with van der Waals surface area (Å²) in [7, 11) is 0. The van der Waals surface area contributed by atoms with E-state index in [1.165, 1.54) is 49.0 Å². The summed E-state index contributed by atoms with van der Waals surface area (Å²) in [6, 6.07) is 53.7. The first-order valence-corrected chi connectivity index (χ1v) is 14.2. The van der Waals surface area contributed by atoms with Gasteiger partial charge in [0.15, 0.2) is 5.82 Å². The highest BCUT2D eigenvalue weighted by atomic mass is 14.9. The summed E-state index contributed by atoms with van der Waals surface area (Å²) in [5, 5.41) is 7.68. The Morgan fingerprint density at radius 3 is 1.52 bits per heavy atom. The monoisotopic (exact) mass is 534 g/mol. The van der Waals surface area contributed by atoms with Crippen LogP contribution in [0.5, 0.6) is 0 Å². The number of benzene rings is 7. The second-order valence-electron chi connectivity index (χ2n) is 10.6. The lowest BCUT2D eigenvalue weighted by atomic mass is 9.92. The summed E-state index contributed by atoms with van der Waals surface area (Å²) in [5.41, 5.74) is 7.67. The fraction of sp³-hybridized carbons (Fsp3) is 0. The summed E-state index contributed by atoms with van der Waals surface area (Å²) >= 11 is 0. The lowest BCUT2D eigenvalue weighted by Gasteiger charge is -2.12. The van der Waals surface area contributed by atoms with E-state index in [0.717, 1.165) is 28.2 Å². The van der Waals surface area contributed by atoms with Crippen molar-refractivity contribution in [2.75, 3.05) is 0 Å². The molecule has 0 saturated heterocycles. The average Bonchev–Trinajstić information content (AvgIpc) is 3.09. The Labute approximate surface area is 244 Å². The molecule has 0 fully saturated rings. The van der Waals surface area contributed by atoms with E-state index in [-0.39, 0.29) is 0 Å². The molecule has 0 aliphatic rings. The lowest BCUT2D eigenvalue weighted by molar-refractivity contribution is 1.18. The third-order valence-corrected chi connectivity index (χ3v) is 8.12. The number of hydrogen-bond donors (Lipinski definition) is 0. The van der Waals surface area contributed by atoms with E-state index in [2.05, 4.69) is 145 Å². The molecule has 42 heavy (non-hydrogen) atoms. The molecule has 0 aliphatic carbocycles. The van der Waals surface area contributed by atoms with Crippen LogP contribution >= 0.6 is 0 Å². The summed E-state index contributed by atoms with van der Waals surface area (Å²) < 4.78 is 0. The summed E-state index contributed by atoms with van der Waals surface area (Å²) in [6.45, 7) is 0.